The largest absolute Gasteiger partial charge is 0.192 e. The molecule has 1 nitrogen and oxygen atoms in total. The van der Waals surface area contributed by atoms with Crippen LogP contribution in [0.2, 0.25) is 0 Å². The second-order valence-corrected chi connectivity index (χ2v) is 5.94. The van der Waals surface area contributed by atoms with Gasteiger partial charge in [-0.3, -0.25) is 0 Å². The molecule has 2 rings (SSSR count). The molecule has 0 aliphatic heterocycles. The van der Waals surface area contributed by atoms with Crippen LogP contribution in [0.3, 0.4) is 0 Å². The minimum absolute atomic E-state index is 0.738. The van der Waals surface area contributed by atoms with E-state index in [9.17, 15) is 0 Å². The smallest absolute Gasteiger partial charge is 0.0998 e. The summed E-state index contributed by atoms with van der Waals surface area (Å²) < 4.78 is 0. The van der Waals surface area contributed by atoms with E-state index in [0.29, 0.717) is 0 Å². The quantitative estimate of drug-likeness (QED) is 0.729. The van der Waals surface area contributed by atoms with Crippen molar-refractivity contribution in [3.8, 4) is 6.07 Å². The van der Waals surface area contributed by atoms with Gasteiger partial charge in [-0.1, -0.05) is 38.1 Å². The van der Waals surface area contributed by atoms with E-state index in [1.165, 1.54) is 16.7 Å². The molecule has 92 valence electrons. The Bertz CT molecular complexity index is 581. The highest BCUT2D eigenvalue weighted by molar-refractivity contribution is 7.99. The Morgan fingerprint density at radius 2 is 1.83 bits per heavy atom. The van der Waals surface area contributed by atoms with Gasteiger partial charge in [-0.25, -0.2) is 0 Å². The van der Waals surface area contributed by atoms with E-state index in [0.717, 1.165) is 22.6 Å². The topological polar surface area (TPSA) is 23.8 Å². The lowest BCUT2D eigenvalue weighted by atomic mass is 10.1. The standard InChI is InChI=1S/C16H17NS/c1-12(2)9-10-18-16-8-7-13(11-17)14-5-3-4-6-15(14)16/h3-8,12H,9-10H2,1-2H3. The molecule has 2 aromatic rings. The van der Waals surface area contributed by atoms with Crippen molar-refractivity contribution < 1.29 is 0 Å². The van der Waals surface area contributed by atoms with E-state index in [2.05, 4.69) is 32.0 Å². The number of nitrogens with zero attached hydrogens (tertiary/aromatic N) is 1. The van der Waals surface area contributed by atoms with Gasteiger partial charge in [0, 0.05) is 10.3 Å². The first kappa shape index (κ1) is 13.0. The minimum atomic E-state index is 0.738. The predicted octanol–water partition coefficient (Wildman–Crippen LogP) is 4.85. The number of fused-ring (bicyclic) bond motifs is 1. The summed E-state index contributed by atoms with van der Waals surface area (Å²) in [5.74, 6) is 1.87. The summed E-state index contributed by atoms with van der Waals surface area (Å²) in [6.07, 6.45) is 1.22. The van der Waals surface area contributed by atoms with Crippen molar-refractivity contribution >= 4 is 22.5 Å². The molecule has 0 atom stereocenters. The highest BCUT2D eigenvalue weighted by atomic mass is 32.2. The molecule has 0 aliphatic rings. The molecule has 0 radical (unpaired) electrons. The van der Waals surface area contributed by atoms with Crippen molar-refractivity contribution in [2.45, 2.75) is 25.2 Å². The Morgan fingerprint density at radius 1 is 1.11 bits per heavy atom. The number of hydrogen-bond donors (Lipinski definition) is 0. The van der Waals surface area contributed by atoms with Crippen LogP contribution in [0.4, 0.5) is 0 Å². The third-order valence-electron chi connectivity index (χ3n) is 2.96. The van der Waals surface area contributed by atoms with Gasteiger partial charge in [0.1, 0.15) is 0 Å². The minimum Gasteiger partial charge on any atom is -0.192 e. The maximum Gasteiger partial charge on any atom is 0.0998 e. The van der Waals surface area contributed by atoms with Crippen LogP contribution in [-0.2, 0) is 0 Å². The van der Waals surface area contributed by atoms with E-state index in [1.54, 1.807) is 0 Å². The zero-order chi connectivity index (χ0) is 13.0. The van der Waals surface area contributed by atoms with Crippen LogP contribution in [0.5, 0.6) is 0 Å². The zero-order valence-corrected chi connectivity index (χ0v) is 11.6. The van der Waals surface area contributed by atoms with Crippen LogP contribution in [0.25, 0.3) is 10.8 Å². The van der Waals surface area contributed by atoms with Crippen molar-refractivity contribution in [1.82, 2.24) is 0 Å². The Morgan fingerprint density at radius 3 is 2.50 bits per heavy atom. The molecule has 0 unspecified atom stereocenters. The lowest BCUT2D eigenvalue weighted by Crippen LogP contribution is -1.90. The van der Waals surface area contributed by atoms with Gasteiger partial charge in [-0.15, -0.1) is 11.8 Å². The van der Waals surface area contributed by atoms with E-state index in [4.69, 9.17) is 5.26 Å². The van der Waals surface area contributed by atoms with Gasteiger partial charge in [-0.2, -0.15) is 5.26 Å². The summed E-state index contributed by atoms with van der Waals surface area (Å²) in [4.78, 5) is 1.28. The number of thioether (sulfide) groups is 1. The maximum absolute atomic E-state index is 9.12. The van der Waals surface area contributed by atoms with Crippen LogP contribution < -0.4 is 0 Å². The second-order valence-electron chi connectivity index (χ2n) is 4.80. The molecule has 0 spiro atoms. The van der Waals surface area contributed by atoms with E-state index in [-0.39, 0.29) is 0 Å². The SMILES string of the molecule is CC(C)CCSc1ccc(C#N)c2ccccc12. The molecule has 0 fully saturated rings. The fraction of sp³-hybridized carbons (Fsp3) is 0.312. The molecule has 0 saturated carbocycles. The van der Waals surface area contributed by atoms with E-state index in [1.807, 2.05) is 36.0 Å². The Hall–Kier alpha value is -1.46. The summed E-state index contributed by atoms with van der Waals surface area (Å²) in [7, 11) is 0. The summed E-state index contributed by atoms with van der Waals surface area (Å²) in [5, 5.41) is 11.4. The Balaban J connectivity index is 2.32. The first-order valence-corrected chi connectivity index (χ1v) is 7.25. The summed E-state index contributed by atoms with van der Waals surface area (Å²) in [6, 6.07) is 14.4. The highest BCUT2D eigenvalue weighted by Gasteiger charge is 2.05. The summed E-state index contributed by atoms with van der Waals surface area (Å²) in [5.41, 5.74) is 0.763. The first-order valence-electron chi connectivity index (χ1n) is 6.27. The van der Waals surface area contributed by atoms with Crippen LogP contribution in [0.1, 0.15) is 25.8 Å². The molecule has 0 N–H and O–H groups in total. The average Bonchev–Trinajstić information content (AvgIpc) is 2.38. The van der Waals surface area contributed by atoms with E-state index < -0.39 is 0 Å². The zero-order valence-electron chi connectivity index (χ0n) is 10.8. The van der Waals surface area contributed by atoms with Gasteiger partial charge in [-0.05, 0) is 35.6 Å². The average molecular weight is 255 g/mol. The molecule has 2 heteroatoms. The fourth-order valence-electron chi connectivity index (χ4n) is 1.90. The molecule has 2 aromatic carbocycles. The van der Waals surface area contributed by atoms with E-state index >= 15 is 0 Å². The molecular weight excluding hydrogens is 238 g/mol. The van der Waals surface area contributed by atoms with Gasteiger partial charge in [0.25, 0.3) is 0 Å². The number of rotatable bonds is 4. The molecule has 0 heterocycles. The van der Waals surface area contributed by atoms with Gasteiger partial charge < -0.3 is 0 Å². The molecular formula is C16H17NS. The van der Waals surface area contributed by atoms with Crippen molar-refractivity contribution in [2.75, 3.05) is 5.75 Å². The molecule has 0 bridgehead atoms. The van der Waals surface area contributed by atoms with Crippen molar-refractivity contribution in [1.29, 1.82) is 5.26 Å². The molecule has 0 aromatic heterocycles. The highest BCUT2D eigenvalue weighted by Crippen LogP contribution is 2.30. The van der Waals surface area contributed by atoms with Crippen LogP contribution in [-0.4, -0.2) is 5.75 Å². The predicted molar refractivity (Wildman–Crippen MR) is 78.8 cm³/mol. The lowest BCUT2D eigenvalue weighted by Gasteiger charge is -2.08. The molecule has 0 aliphatic carbocycles. The van der Waals surface area contributed by atoms with Crippen molar-refractivity contribution in [2.24, 2.45) is 5.92 Å². The molecule has 18 heavy (non-hydrogen) atoms. The maximum atomic E-state index is 9.12. The first-order chi connectivity index (χ1) is 8.72. The van der Waals surface area contributed by atoms with Crippen molar-refractivity contribution in [3.05, 3.63) is 42.0 Å². The second kappa shape index (κ2) is 5.93. The van der Waals surface area contributed by atoms with Gasteiger partial charge in [0.05, 0.1) is 11.6 Å². The van der Waals surface area contributed by atoms with Crippen LogP contribution in [0, 0.1) is 17.2 Å². The Labute approximate surface area is 113 Å². The molecule has 0 amide bonds. The molecule has 0 saturated heterocycles. The normalized spacial score (nSPS) is 10.8. The van der Waals surface area contributed by atoms with Gasteiger partial charge >= 0.3 is 0 Å². The Kier molecular flexibility index (Phi) is 4.28. The van der Waals surface area contributed by atoms with Gasteiger partial charge in [0.15, 0.2) is 0 Å². The number of nitriles is 1. The number of hydrogen-bond acceptors (Lipinski definition) is 2. The monoisotopic (exact) mass is 255 g/mol. The van der Waals surface area contributed by atoms with Gasteiger partial charge in [0.2, 0.25) is 0 Å². The third-order valence-corrected chi connectivity index (χ3v) is 4.06. The van der Waals surface area contributed by atoms with Crippen LogP contribution >= 0.6 is 11.8 Å². The third kappa shape index (κ3) is 2.86. The number of benzene rings is 2. The van der Waals surface area contributed by atoms with Crippen LogP contribution in [0.15, 0.2) is 41.3 Å². The fourth-order valence-corrected chi connectivity index (χ4v) is 3.21. The summed E-state index contributed by atoms with van der Waals surface area (Å²) in [6.45, 7) is 4.49. The summed E-state index contributed by atoms with van der Waals surface area (Å²) >= 11 is 1.89. The van der Waals surface area contributed by atoms with Crippen molar-refractivity contribution in [3.63, 3.8) is 0 Å². The lowest BCUT2D eigenvalue weighted by molar-refractivity contribution is 0.632.